The highest BCUT2D eigenvalue weighted by atomic mass is 16.5. The number of nitrogens with one attached hydrogen (secondary N) is 2. The zero-order chi connectivity index (χ0) is 19.4. The van der Waals surface area contributed by atoms with Gasteiger partial charge in [0, 0.05) is 12.8 Å². The van der Waals surface area contributed by atoms with Crippen molar-refractivity contribution in [2.75, 3.05) is 19.0 Å². The number of ether oxygens (including phenoxy) is 1. The van der Waals surface area contributed by atoms with Crippen molar-refractivity contribution >= 4 is 23.5 Å². The molecule has 0 aliphatic carbocycles. The number of carbonyl (C=O) groups excluding carboxylic acids is 3. The number of nitrogens with zero attached hydrogens (tertiary/aromatic N) is 1. The number of imide groups is 1. The van der Waals surface area contributed by atoms with E-state index >= 15 is 0 Å². The van der Waals surface area contributed by atoms with Crippen LogP contribution in [0.1, 0.15) is 18.1 Å². The van der Waals surface area contributed by atoms with Gasteiger partial charge in [-0.25, -0.2) is 4.79 Å². The number of urea groups is 1. The van der Waals surface area contributed by atoms with Gasteiger partial charge in [-0.15, -0.1) is 0 Å². The Morgan fingerprint density at radius 2 is 1.89 bits per heavy atom. The number of hydrogen-bond donors (Lipinski definition) is 2. The summed E-state index contributed by atoms with van der Waals surface area (Å²) in [6, 6.07) is 15.5. The van der Waals surface area contributed by atoms with E-state index in [1.165, 1.54) is 0 Å². The van der Waals surface area contributed by atoms with Gasteiger partial charge >= 0.3 is 6.03 Å². The quantitative estimate of drug-likeness (QED) is 0.767. The van der Waals surface area contributed by atoms with Crippen molar-refractivity contribution in [3.05, 3.63) is 65.7 Å². The third kappa shape index (κ3) is 3.83. The molecule has 1 atom stereocenters. The molecule has 27 heavy (non-hydrogen) atoms. The standard InChI is InChI=1S/C20H21N3O4/c1-20(15-8-4-3-5-9-15)18(25)23(19(26)22-20)12-17(24)21-16-10-6-7-14(11-16)13-27-2/h3-11H,12-13H2,1-2H3,(H,21,24)(H,22,26). The summed E-state index contributed by atoms with van der Waals surface area (Å²) in [5.74, 6) is -0.910. The maximum atomic E-state index is 12.8. The average molecular weight is 367 g/mol. The molecule has 2 N–H and O–H groups in total. The van der Waals surface area contributed by atoms with Gasteiger partial charge in [0.15, 0.2) is 0 Å². The van der Waals surface area contributed by atoms with E-state index in [9.17, 15) is 14.4 Å². The second-order valence-corrected chi connectivity index (χ2v) is 6.49. The number of carbonyl (C=O) groups is 3. The van der Waals surface area contributed by atoms with Gasteiger partial charge in [0.1, 0.15) is 12.1 Å². The van der Waals surface area contributed by atoms with Crippen LogP contribution in [0.25, 0.3) is 0 Å². The lowest BCUT2D eigenvalue weighted by Crippen LogP contribution is -2.42. The molecule has 1 saturated heterocycles. The lowest BCUT2D eigenvalue weighted by Gasteiger charge is -2.22. The molecule has 140 valence electrons. The molecule has 4 amide bonds. The highest BCUT2D eigenvalue weighted by molar-refractivity contribution is 6.10. The molecule has 0 spiro atoms. The van der Waals surface area contributed by atoms with Crippen LogP contribution in [-0.4, -0.2) is 36.4 Å². The topological polar surface area (TPSA) is 87.7 Å². The van der Waals surface area contributed by atoms with Crippen LogP contribution >= 0.6 is 0 Å². The zero-order valence-electron chi connectivity index (χ0n) is 15.2. The Bertz CT molecular complexity index is 869. The molecule has 1 unspecified atom stereocenters. The van der Waals surface area contributed by atoms with Crippen molar-refractivity contribution < 1.29 is 19.1 Å². The summed E-state index contributed by atoms with van der Waals surface area (Å²) in [7, 11) is 1.59. The van der Waals surface area contributed by atoms with Crippen LogP contribution in [0.3, 0.4) is 0 Å². The minimum absolute atomic E-state index is 0.360. The first-order valence-corrected chi connectivity index (χ1v) is 8.51. The predicted molar refractivity (Wildman–Crippen MR) is 99.8 cm³/mol. The molecule has 1 aliphatic rings. The number of methoxy groups -OCH3 is 1. The van der Waals surface area contributed by atoms with E-state index < -0.39 is 23.4 Å². The number of rotatable bonds is 6. The molecule has 1 fully saturated rings. The molecule has 0 bridgehead atoms. The normalized spacial score (nSPS) is 19.1. The Morgan fingerprint density at radius 1 is 1.15 bits per heavy atom. The van der Waals surface area contributed by atoms with Gasteiger partial charge in [0.2, 0.25) is 5.91 Å². The second kappa shape index (κ2) is 7.59. The van der Waals surface area contributed by atoms with Crippen LogP contribution in [0.5, 0.6) is 0 Å². The fraction of sp³-hybridized carbons (Fsp3) is 0.250. The first-order chi connectivity index (χ1) is 12.9. The first kappa shape index (κ1) is 18.6. The van der Waals surface area contributed by atoms with Crippen LogP contribution in [0.2, 0.25) is 0 Å². The Balaban J connectivity index is 1.70. The number of hydrogen-bond acceptors (Lipinski definition) is 4. The van der Waals surface area contributed by atoms with Crippen LogP contribution < -0.4 is 10.6 Å². The summed E-state index contributed by atoms with van der Waals surface area (Å²) in [6.07, 6.45) is 0. The van der Waals surface area contributed by atoms with E-state index in [4.69, 9.17) is 4.74 Å². The molecule has 7 nitrogen and oxygen atoms in total. The fourth-order valence-corrected chi connectivity index (χ4v) is 3.06. The Kier molecular flexibility index (Phi) is 5.23. The summed E-state index contributed by atoms with van der Waals surface area (Å²) in [5, 5.41) is 5.39. The van der Waals surface area contributed by atoms with E-state index in [2.05, 4.69) is 10.6 Å². The van der Waals surface area contributed by atoms with E-state index in [0.717, 1.165) is 10.5 Å². The monoisotopic (exact) mass is 367 g/mol. The van der Waals surface area contributed by atoms with Crippen molar-refractivity contribution in [1.82, 2.24) is 10.2 Å². The predicted octanol–water partition coefficient (Wildman–Crippen LogP) is 2.24. The Labute approximate surface area is 157 Å². The minimum atomic E-state index is -1.18. The molecule has 1 aliphatic heterocycles. The molecule has 2 aromatic rings. The first-order valence-electron chi connectivity index (χ1n) is 8.51. The van der Waals surface area contributed by atoms with Gasteiger partial charge in [-0.2, -0.15) is 0 Å². The molecular weight excluding hydrogens is 346 g/mol. The van der Waals surface area contributed by atoms with E-state index in [0.29, 0.717) is 17.9 Å². The Hall–Kier alpha value is -3.19. The van der Waals surface area contributed by atoms with Crippen molar-refractivity contribution in [2.45, 2.75) is 19.1 Å². The third-order valence-corrected chi connectivity index (χ3v) is 4.45. The number of benzene rings is 2. The number of amides is 4. The van der Waals surface area contributed by atoms with Gasteiger partial charge in [0.05, 0.1) is 6.61 Å². The minimum Gasteiger partial charge on any atom is -0.380 e. The summed E-state index contributed by atoms with van der Waals surface area (Å²) in [6.45, 7) is 1.70. The SMILES string of the molecule is COCc1cccc(NC(=O)CN2C(=O)NC(C)(c3ccccc3)C2=O)c1. The van der Waals surface area contributed by atoms with Gasteiger partial charge in [-0.05, 0) is 30.2 Å². The molecule has 0 radical (unpaired) electrons. The van der Waals surface area contributed by atoms with Gasteiger partial charge in [-0.3, -0.25) is 14.5 Å². The maximum Gasteiger partial charge on any atom is 0.325 e. The highest BCUT2D eigenvalue weighted by Crippen LogP contribution is 2.28. The van der Waals surface area contributed by atoms with E-state index in [1.807, 2.05) is 12.1 Å². The summed E-state index contributed by atoms with van der Waals surface area (Å²) < 4.78 is 5.07. The molecule has 0 saturated carbocycles. The van der Waals surface area contributed by atoms with Crippen molar-refractivity contribution in [3.8, 4) is 0 Å². The van der Waals surface area contributed by atoms with Crippen molar-refractivity contribution in [3.63, 3.8) is 0 Å². The summed E-state index contributed by atoms with van der Waals surface area (Å²) in [4.78, 5) is 38.4. The van der Waals surface area contributed by atoms with Crippen LogP contribution in [0, 0.1) is 0 Å². The van der Waals surface area contributed by atoms with Gasteiger partial charge in [0.25, 0.3) is 5.91 Å². The van der Waals surface area contributed by atoms with Crippen molar-refractivity contribution in [2.24, 2.45) is 0 Å². The Morgan fingerprint density at radius 3 is 2.59 bits per heavy atom. The molecule has 3 rings (SSSR count). The molecule has 1 heterocycles. The highest BCUT2D eigenvalue weighted by Gasteiger charge is 2.49. The fourth-order valence-electron chi connectivity index (χ4n) is 3.06. The lowest BCUT2D eigenvalue weighted by molar-refractivity contribution is -0.133. The van der Waals surface area contributed by atoms with Crippen molar-refractivity contribution in [1.29, 1.82) is 0 Å². The average Bonchev–Trinajstić information content (AvgIpc) is 2.87. The van der Waals surface area contributed by atoms with Crippen LogP contribution in [0.15, 0.2) is 54.6 Å². The molecule has 0 aromatic heterocycles. The summed E-state index contributed by atoms with van der Waals surface area (Å²) in [5.41, 5.74) is 0.963. The third-order valence-electron chi connectivity index (χ3n) is 4.45. The maximum absolute atomic E-state index is 12.8. The molecule has 7 heteroatoms. The summed E-state index contributed by atoms with van der Waals surface area (Å²) >= 11 is 0. The zero-order valence-corrected chi connectivity index (χ0v) is 15.2. The molecule has 2 aromatic carbocycles. The molecular formula is C20H21N3O4. The van der Waals surface area contributed by atoms with Crippen LogP contribution in [-0.2, 0) is 26.5 Å². The van der Waals surface area contributed by atoms with E-state index in [1.54, 1.807) is 56.5 Å². The largest absolute Gasteiger partial charge is 0.380 e. The number of anilines is 1. The van der Waals surface area contributed by atoms with E-state index in [-0.39, 0.29) is 6.54 Å². The van der Waals surface area contributed by atoms with Crippen LogP contribution in [0.4, 0.5) is 10.5 Å². The smallest absolute Gasteiger partial charge is 0.325 e. The lowest BCUT2D eigenvalue weighted by atomic mass is 9.92. The van der Waals surface area contributed by atoms with Gasteiger partial charge in [-0.1, -0.05) is 42.5 Å². The second-order valence-electron chi connectivity index (χ2n) is 6.49. The van der Waals surface area contributed by atoms with Gasteiger partial charge < -0.3 is 15.4 Å².